The number of hydrogen-bond acceptors (Lipinski definition) is 1. The van der Waals surface area contributed by atoms with Crippen molar-refractivity contribution in [3.63, 3.8) is 0 Å². The predicted octanol–water partition coefficient (Wildman–Crippen LogP) is 16.3. The van der Waals surface area contributed by atoms with Gasteiger partial charge in [0.25, 0.3) is 0 Å². The zero-order valence-electron chi connectivity index (χ0n) is 32.6. The molecule has 0 heterocycles. The van der Waals surface area contributed by atoms with Crippen LogP contribution in [-0.2, 0) is 0 Å². The van der Waals surface area contributed by atoms with E-state index in [1.807, 2.05) is 0 Å². The first-order valence-electron chi connectivity index (χ1n) is 20.2. The molecule has 0 N–H and O–H groups in total. The van der Waals surface area contributed by atoms with Gasteiger partial charge < -0.3 is 4.90 Å². The average molecular weight is 752 g/mol. The quantitative estimate of drug-likeness (QED) is 0.142. The van der Waals surface area contributed by atoms with Crippen LogP contribution in [0.25, 0.3) is 77.5 Å². The maximum atomic E-state index is 2.36. The lowest BCUT2D eigenvalue weighted by molar-refractivity contribution is 1.28. The summed E-state index contributed by atoms with van der Waals surface area (Å²) >= 11 is 0. The van der Waals surface area contributed by atoms with Gasteiger partial charge in [-0.2, -0.15) is 0 Å². The fourth-order valence-corrected chi connectivity index (χ4v) is 8.27. The molecule has 0 aromatic heterocycles. The van der Waals surface area contributed by atoms with Gasteiger partial charge in [-0.15, -0.1) is 0 Å². The molecule has 1 heteroatoms. The van der Waals surface area contributed by atoms with Crippen molar-refractivity contribution in [1.29, 1.82) is 0 Å². The van der Waals surface area contributed by atoms with Crippen molar-refractivity contribution in [1.82, 2.24) is 0 Å². The van der Waals surface area contributed by atoms with E-state index in [1.165, 1.54) is 77.5 Å². The highest BCUT2D eigenvalue weighted by Crippen LogP contribution is 2.42. The molecule has 59 heavy (non-hydrogen) atoms. The van der Waals surface area contributed by atoms with Gasteiger partial charge in [0.1, 0.15) is 0 Å². The molecule has 0 radical (unpaired) electrons. The van der Waals surface area contributed by atoms with Crippen LogP contribution in [0.5, 0.6) is 0 Å². The lowest BCUT2D eigenvalue weighted by Crippen LogP contribution is -2.09. The van der Waals surface area contributed by atoms with Crippen molar-refractivity contribution in [2.75, 3.05) is 4.90 Å². The number of anilines is 3. The standard InChI is InChI=1S/C58H41N/c1-4-13-42(14-5-1)44-23-25-45(26-24-44)46-27-34-53(35-28-46)59(54-36-29-47(30-37-54)52-21-12-20-51(41-52)43-15-6-2-7-16-43)55-38-31-50(32-39-55)58-56-22-11-10-19-49(56)33-40-57(58)48-17-8-3-9-18-48/h1-41H. The van der Waals surface area contributed by atoms with Crippen LogP contribution in [-0.4, -0.2) is 0 Å². The predicted molar refractivity (Wildman–Crippen MR) is 251 cm³/mol. The molecule has 0 bridgehead atoms. The Labute approximate surface area is 346 Å². The molecule has 0 unspecified atom stereocenters. The molecule has 0 saturated heterocycles. The summed E-state index contributed by atoms with van der Waals surface area (Å²) < 4.78 is 0. The minimum absolute atomic E-state index is 1.09. The summed E-state index contributed by atoms with van der Waals surface area (Å²) in [5, 5.41) is 2.48. The molecule has 0 amide bonds. The molecule has 0 fully saturated rings. The number of hydrogen-bond donors (Lipinski definition) is 0. The van der Waals surface area contributed by atoms with Crippen molar-refractivity contribution in [3.05, 3.63) is 249 Å². The van der Waals surface area contributed by atoms with Crippen LogP contribution in [0.3, 0.4) is 0 Å². The Morgan fingerprint density at radius 3 is 1.08 bits per heavy atom. The zero-order chi connectivity index (χ0) is 39.4. The van der Waals surface area contributed by atoms with Crippen molar-refractivity contribution in [3.8, 4) is 66.8 Å². The third-order valence-corrected chi connectivity index (χ3v) is 11.3. The van der Waals surface area contributed by atoms with Gasteiger partial charge >= 0.3 is 0 Å². The lowest BCUT2D eigenvalue weighted by Gasteiger charge is -2.26. The average Bonchev–Trinajstić information content (AvgIpc) is 3.33. The third kappa shape index (κ3) is 7.34. The Bertz CT molecular complexity index is 2970. The van der Waals surface area contributed by atoms with Crippen molar-refractivity contribution in [2.45, 2.75) is 0 Å². The van der Waals surface area contributed by atoms with Crippen LogP contribution >= 0.6 is 0 Å². The molecule has 1 nitrogen and oxygen atoms in total. The maximum Gasteiger partial charge on any atom is 0.0462 e. The molecule has 10 rings (SSSR count). The van der Waals surface area contributed by atoms with Crippen LogP contribution in [0.1, 0.15) is 0 Å². The fraction of sp³-hybridized carbons (Fsp3) is 0. The van der Waals surface area contributed by atoms with Crippen molar-refractivity contribution in [2.24, 2.45) is 0 Å². The summed E-state index contributed by atoms with van der Waals surface area (Å²) in [6.45, 7) is 0. The first-order chi connectivity index (χ1) is 29.2. The summed E-state index contributed by atoms with van der Waals surface area (Å²) in [4.78, 5) is 2.36. The minimum atomic E-state index is 1.09. The lowest BCUT2D eigenvalue weighted by atomic mass is 9.89. The monoisotopic (exact) mass is 751 g/mol. The van der Waals surface area contributed by atoms with Gasteiger partial charge in [0, 0.05) is 17.1 Å². The van der Waals surface area contributed by atoms with Gasteiger partial charge in [-0.3, -0.25) is 0 Å². The van der Waals surface area contributed by atoms with E-state index >= 15 is 0 Å². The van der Waals surface area contributed by atoms with Crippen molar-refractivity contribution < 1.29 is 0 Å². The molecule has 10 aromatic carbocycles. The van der Waals surface area contributed by atoms with E-state index in [0.29, 0.717) is 0 Å². The molecule has 0 saturated carbocycles. The number of benzene rings is 10. The van der Waals surface area contributed by atoms with E-state index in [1.54, 1.807) is 0 Å². The van der Waals surface area contributed by atoms with Gasteiger partial charge in [-0.05, 0) is 120 Å². The molecule has 0 spiro atoms. The molecule has 0 aliphatic heterocycles. The maximum absolute atomic E-state index is 2.36. The normalized spacial score (nSPS) is 11.1. The summed E-state index contributed by atoms with van der Waals surface area (Å²) in [7, 11) is 0. The first kappa shape index (κ1) is 35.7. The molecule has 10 aromatic rings. The number of fused-ring (bicyclic) bond motifs is 1. The number of rotatable bonds is 9. The van der Waals surface area contributed by atoms with E-state index in [2.05, 4.69) is 254 Å². The fourth-order valence-electron chi connectivity index (χ4n) is 8.27. The Morgan fingerprint density at radius 1 is 0.220 bits per heavy atom. The molecule has 0 aliphatic rings. The van der Waals surface area contributed by atoms with Gasteiger partial charge in [0.15, 0.2) is 0 Å². The van der Waals surface area contributed by atoms with E-state index in [-0.39, 0.29) is 0 Å². The SMILES string of the molecule is c1ccc(-c2ccc(-c3ccc(N(c4ccc(-c5cccc(-c6ccccc6)c5)cc4)c4ccc(-c5c(-c6ccccc6)ccc6ccccc56)cc4)cc3)cc2)cc1. The van der Waals surface area contributed by atoms with Crippen LogP contribution in [0, 0.1) is 0 Å². The Kier molecular flexibility index (Phi) is 9.68. The summed E-state index contributed by atoms with van der Waals surface area (Å²) in [6, 6.07) is 89.7. The van der Waals surface area contributed by atoms with E-state index in [9.17, 15) is 0 Å². The van der Waals surface area contributed by atoms with Crippen molar-refractivity contribution >= 4 is 27.8 Å². The summed E-state index contributed by atoms with van der Waals surface area (Å²) in [5.41, 5.74) is 17.8. The van der Waals surface area contributed by atoms with Crippen LogP contribution in [0.2, 0.25) is 0 Å². The molecule has 278 valence electrons. The van der Waals surface area contributed by atoms with Crippen LogP contribution in [0.15, 0.2) is 249 Å². The minimum Gasteiger partial charge on any atom is -0.311 e. The Hall–Kier alpha value is -7.74. The van der Waals surface area contributed by atoms with Crippen LogP contribution < -0.4 is 4.90 Å². The zero-order valence-corrected chi connectivity index (χ0v) is 32.6. The highest BCUT2D eigenvalue weighted by Gasteiger charge is 2.16. The van der Waals surface area contributed by atoms with Gasteiger partial charge in [-0.1, -0.05) is 206 Å². The number of nitrogens with zero attached hydrogens (tertiary/aromatic N) is 1. The van der Waals surface area contributed by atoms with E-state index in [4.69, 9.17) is 0 Å². The van der Waals surface area contributed by atoms with E-state index in [0.717, 1.165) is 17.1 Å². The van der Waals surface area contributed by atoms with Gasteiger partial charge in [0.2, 0.25) is 0 Å². The third-order valence-electron chi connectivity index (χ3n) is 11.3. The Morgan fingerprint density at radius 2 is 0.576 bits per heavy atom. The topological polar surface area (TPSA) is 3.24 Å². The highest BCUT2D eigenvalue weighted by molar-refractivity contribution is 6.04. The second-order valence-electron chi connectivity index (χ2n) is 14.9. The Balaban J connectivity index is 1.03. The van der Waals surface area contributed by atoms with E-state index < -0.39 is 0 Å². The second kappa shape index (κ2) is 16.0. The second-order valence-corrected chi connectivity index (χ2v) is 14.9. The largest absolute Gasteiger partial charge is 0.311 e. The smallest absolute Gasteiger partial charge is 0.0462 e. The molecular formula is C58H41N. The molecule has 0 aliphatic carbocycles. The molecular weight excluding hydrogens is 711 g/mol. The first-order valence-corrected chi connectivity index (χ1v) is 20.2. The molecule has 0 atom stereocenters. The van der Waals surface area contributed by atoms with Crippen LogP contribution in [0.4, 0.5) is 17.1 Å². The van der Waals surface area contributed by atoms with Gasteiger partial charge in [0.05, 0.1) is 0 Å². The summed E-state index contributed by atoms with van der Waals surface area (Å²) in [6.07, 6.45) is 0. The summed E-state index contributed by atoms with van der Waals surface area (Å²) in [5.74, 6) is 0. The highest BCUT2D eigenvalue weighted by atomic mass is 15.1. The van der Waals surface area contributed by atoms with Gasteiger partial charge in [-0.25, -0.2) is 0 Å².